The van der Waals surface area contributed by atoms with Gasteiger partial charge in [0.2, 0.25) is 11.2 Å². The van der Waals surface area contributed by atoms with Crippen LogP contribution in [0.25, 0.3) is 6.08 Å². The molecule has 0 unspecified atom stereocenters. The van der Waals surface area contributed by atoms with Gasteiger partial charge in [0.05, 0.1) is 17.7 Å². The van der Waals surface area contributed by atoms with Crippen molar-refractivity contribution in [1.82, 2.24) is 5.27 Å². The van der Waals surface area contributed by atoms with Crippen molar-refractivity contribution < 1.29 is 23.2 Å². The molecule has 1 aromatic carbocycles. The molecule has 0 fully saturated rings. The van der Waals surface area contributed by atoms with Crippen LogP contribution in [-0.4, -0.2) is 28.0 Å². The number of aromatic nitrogens is 2. The Morgan fingerprint density at radius 3 is 2.74 bits per heavy atom. The molecule has 0 aliphatic carbocycles. The van der Waals surface area contributed by atoms with Crippen molar-refractivity contribution in [2.45, 2.75) is 19.9 Å². The van der Waals surface area contributed by atoms with Gasteiger partial charge < -0.3 is 4.42 Å². The summed E-state index contributed by atoms with van der Waals surface area (Å²) in [6, 6.07) is 12.7. The number of nitrogens with zero attached hydrogens (tertiary/aromatic N) is 4. The fraction of sp³-hybridized carbons (Fsp3) is 0.190. The number of hydrogen-bond acceptors (Lipinski definition) is 7. The molecule has 3 heterocycles. The van der Waals surface area contributed by atoms with E-state index in [1.165, 1.54) is 11.2 Å². The number of amides is 2. The third-order valence-corrected chi connectivity index (χ3v) is 5.21. The molecule has 0 saturated heterocycles. The highest BCUT2D eigenvalue weighted by atomic mass is 32.2. The Kier molecular flexibility index (Phi) is 5.99. The normalized spacial score (nSPS) is 15.1. The van der Waals surface area contributed by atoms with Crippen molar-refractivity contribution >= 4 is 46.4 Å². The molecule has 2 aromatic heterocycles. The zero-order chi connectivity index (χ0) is 21.8. The number of aliphatic imine (C=N–C) groups is 1. The van der Waals surface area contributed by atoms with E-state index in [4.69, 9.17) is 8.94 Å². The number of rotatable bonds is 6. The first-order chi connectivity index (χ1) is 15.0. The zero-order valence-corrected chi connectivity index (χ0v) is 17.7. The monoisotopic (exact) mass is 438 g/mol. The topological polar surface area (TPSA) is 105 Å². The van der Waals surface area contributed by atoms with E-state index < -0.39 is 0 Å². The molecule has 4 rings (SSSR count). The van der Waals surface area contributed by atoms with Crippen LogP contribution in [0.3, 0.4) is 0 Å². The predicted octanol–water partition coefficient (Wildman–Crippen LogP) is 3.25. The second-order valence-corrected chi connectivity index (χ2v) is 7.83. The number of carbonyl (C=O) groups is 2. The lowest BCUT2D eigenvalue weighted by molar-refractivity contribution is -0.779. The number of benzene rings is 1. The summed E-state index contributed by atoms with van der Waals surface area (Å²) in [6.45, 7) is 3.90. The molecule has 158 valence electrons. The zero-order valence-electron chi connectivity index (χ0n) is 16.9. The number of thioether (sulfide) groups is 1. The number of furan rings is 1. The molecular weight excluding hydrogens is 418 g/mol. The van der Waals surface area contributed by atoms with Crippen LogP contribution in [0, 0.1) is 0 Å². The minimum absolute atomic E-state index is 0.0336. The number of para-hydroxylation sites is 1. The van der Waals surface area contributed by atoms with Crippen LogP contribution in [0.2, 0.25) is 0 Å². The summed E-state index contributed by atoms with van der Waals surface area (Å²) < 4.78 is 12.0. The van der Waals surface area contributed by atoms with Gasteiger partial charge in [-0.15, -0.1) is 0 Å². The molecule has 3 aromatic rings. The molecule has 1 N–H and O–H groups in total. The van der Waals surface area contributed by atoms with E-state index in [0.717, 1.165) is 11.8 Å². The highest BCUT2D eigenvalue weighted by Crippen LogP contribution is 2.29. The van der Waals surface area contributed by atoms with E-state index >= 15 is 0 Å². The van der Waals surface area contributed by atoms with E-state index in [1.54, 1.807) is 29.1 Å². The lowest BCUT2D eigenvalue weighted by Crippen LogP contribution is -2.37. The Labute approximate surface area is 182 Å². The standard InChI is InChI=1S/C21H19N5O4S/c1-14(2)25-12-19(30-24-25)23-18(27)13-31-21-22-17(11-16-9-6-10-29-16)20(28)26(21)15-7-4-3-5-8-15/h3-12,14H,13H2,1-2H3/p+1/b17-11+. The lowest BCUT2D eigenvalue weighted by Gasteiger charge is -2.17. The van der Waals surface area contributed by atoms with Crippen molar-refractivity contribution in [3.63, 3.8) is 0 Å². The third kappa shape index (κ3) is 4.75. The Hall–Kier alpha value is -3.66. The number of nitrogens with one attached hydrogen (secondary N) is 1. The van der Waals surface area contributed by atoms with Gasteiger partial charge in [-0.3, -0.25) is 24.3 Å². The Morgan fingerprint density at radius 2 is 2.06 bits per heavy atom. The summed E-state index contributed by atoms with van der Waals surface area (Å²) in [6.07, 6.45) is 4.71. The highest BCUT2D eigenvalue weighted by molar-refractivity contribution is 8.14. The van der Waals surface area contributed by atoms with Gasteiger partial charge >= 0.3 is 5.88 Å². The molecule has 0 atom stereocenters. The summed E-state index contributed by atoms with van der Waals surface area (Å²) in [5.41, 5.74) is 0.894. The Morgan fingerprint density at radius 1 is 1.26 bits per heavy atom. The van der Waals surface area contributed by atoms with Gasteiger partial charge in [-0.2, -0.15) is 0 Å². The van der Waals surface area contributed by atoms with Gasteiger partial charge in [0.15, 0.2) is 11.2 Å². The molecule has 2 amide bonds. The van der Waals surface area contributed by atoms with E-state index in [9.17, 15) is 9.59 Å². The molecule has 0 bridgehead atoms. The average Bonchev–Trinajstić information content (AvgIpc) is 3.49. The Balaban J connectivity index is 1.50. The molecule has 0 radical (unpaired) electrons. The quantitative estimate of drug-likeness (QED) is 0.468. The summed E-state index contributed by atoms with van der Waals surface area (Å²) in [7, 11) is 0. The van der Waals surface area contributed by atoms with Gasteiger partial charge in [0.25, 0.3) is 12.1 Å². The van der Waals surface area contributed by atoms with Crippen LogP contribution in [0.1, 0.15) is 25.6 Å². The molecular formula is C21H20N5O4S+. The first kappa shape index (κ1) is 20.6. The molecule has 1 aliphatic rings. The molecule has 31 heavy (non-hydrogen) atoms. The smallest absolute Gasteiger partial charge is 0.302 e. The molecule has 0 saturated carbocycles. The van der Waals surface area contributed by atoms with E-state index in [0.29, 0.717) is 16.6 Å². The third-order valence-electron chi connectivity index (χ3n) is 4.27. The maximum atomic E-state index is 13.0. The first-order valence-corrected chi connectivity index (χ1v) is 10.5. The first-order valence-electron chi connectivity index (χ1n) is 9.55. The van der Waals surface area contributed by atoms with Crippen molar-refractivity contribution in [2.24, 2.45) is 4.99 Å². The fourth-order valence-corrected chi connectivity index (χ4v) is 3.58. The highest BCUT2D eigenvalue weighted by Gasteiger charge is 2.32. The van der Waals surface area contributed by atoms with Crippen molar-refractivity contribution in [3.05, 3.63) is 66.4 Å². The Bertz CT molecular complexity index is 1140. The summed E-state index contributed by atoms with van der Waals surface area (Å²) >= 11 is 1.15. The number of anilines is 2. The molecule has 0 spiro atoms. The molecule has 10 heteroatoms. The second kappa shape index (κ2) is 9.00. The van der Waals surface area contributed by atoms with Gasteiger partial charge in [0.1, 0.15) is 11.5 Å². The number of carbonyl (C=O) groups excluding carboxylic acids is 2. The minimum atomic E-state index is -0.302. The molecule has 1 aliphatic heterocycles. The number of amidine groups is 1. The van der Waals surface area contributed by atoms with E-state index in [1.807, 2.05) is 44.2 Å². The maximum Gasteiger partial charge on any atom is 0.302 e. The minimum Gasteiger partial charge on any atom is -0.465 e. The lowest BCUT2D eigenvalue weighted by atomic mass is 10.2. The largest absolute Gasteiger partial charge is 0.465 e. The van der Waals surface area contributed by atoms with Gasteiger partial charge in [-0.05, 0) is 42.8 Å². The van der Waals surface area contributed by atoms with Crippen LogP contribution < -0.4 is 14.9 Å². The SMILES string of the molecule is CC(C)[n+]1cc(NC(=O)CSC2=N/C(=C/c3ccco3)C(=O)N2c2ccccc2)on1. The summed E-state index contributed by atoms with van der Waals surface area (Å²) in [5, 5.41) is 6.90. The van der Waals surface area contributed by atoms with E-state index in [2.05, 4.69) is 15.6 Å². The van der Waals surface area contributed by atoms with Crippen LogP contribution in [0.4, 0.5) is 11.6 Å². The van der Waals surface area contributed by atoms with Crippen LogP contribution >= 0.6 is 11.8 Å². The maximum absolute atomic E-state index is 13.0. The predicted molar refractivity (Wildman–Crippen MR) is 116 cm³/mol. The van der Waals surface area contributed by atoms with Crippen molar-refractivity contribution in [1.29, 1.82) is 0 Å². The second-order valence-electron chi connectivity index (χ2n) is 6.89. The fourth-order valence-electron chi connectivity index (χ4n) is 2.77. The molecule has 9 nitrogen and oxygen atoms in total. The summed E-state index contributed by atoms with van der Waals surface area (Å²) in [5.74, 6) is 0.212. The summed E-state index contributed by atoms with van der Waals surface area (Å²) in [4.78, 5) is 31.3. The average molecular weight is 438 g/mol. The van der Waals surface area contributed by atoms with Crippen LogP contribution in [0.15, 0.2) is 74.6 Å². The van der Waals surface area contributed by atoms with Gasteiger partial charge in [-0.1, -0.05) is 30.0 Å². The van der Waals surface area contributed by atoms with Crippen molar-refractivity contribution in [2.75, 3.05) is 16.0 Å². The van der Waals surface area contributed by atoms with Gasteiger partial charge in [0, 0.05) is 6.08 Å². The number of hydrogen-bond donors (Lipinski definition) is 1. The van der Waals surface area contributed by atoms with Crippen molar-refractivity contribution in [3.8, 4) is 0 Å². The van der Waals surface area contributed by atoms with E-state index in [-0.39, 0.29) is 35.2 Å². The van der Waals surface area contributed by atoms with Crippen LogP contribution in [0.5, 0.6) is 0 Å². The van der Waals surface area contributed by atoms with Crippen LogP contribution in [-0.2, 0) is 9.59 Å². The van der Waals surface area contributed by atoms with Gasteiger partial charge in [-0.25, -0.2) is 4.99 Å².